The molecule has 106 valence electrons. The van der Waals surface area contributed by atoms with E-state index in [-0.39, 0.29) is 0 Å². The lowest BCUT2D eigenvalue weighted by atomic mass is 10.0. The van der Waals surface area contributed by atoms with Crippen LogP contribution in [0.25, 0.3) is 11.1 Å². The van der Waals surface area contributed by atoms with Crippen molar-refractivity contribution in [2.45, 2.75) is 0 Å². The predicted molar refractivity (Wildman–Crippen MR) is 81.0 cm³/mol. The zero-order chi connectivity index (χ0) is 14.7. The van der Waals surface area contributed by atoms with Gasteiger partial charge in [0, 0.05) is 21.8 Å². The number of hydrogen-bond donors (Lipinski definition) is 1. The minimum absolute atomic E-state index is 0.529. The summed E-state index contributed by atoms with van der Waals surface area (Å²) in [5.41, 5.74) is 8.24. The lowest BCUT2D eigenvalue weighted by Crippen LogP contribution is -1.98. The number of anilines is 1. The average Bonchev–Trinajstić information content (AvgIpc) is 2.45. The molecule has 0 saturated heterocycles. The third-order valence-electron chi connectivity index (χ3n) is 3.01. The van der Waals surface area contributed by atoms with E-state index in [1.165, 1.54) is 0 Å². The van der Waals surface area contributed by atoms with Crippen molar-refractivity contribution in [2.24, 2.45) is 0 Å². The fraction of sp³-hybridized carbons (Fsp3) is 0.200. The summed E-state index contributed by atoms with van der Waals surface area (Å²) in [7, 11) is 4.72. The first kappa shape index (κ1) is 14.3. The Morgan fingerprint density at radius 1 is 0.850 bits per heavy atom. The fourth-order valence-corrected chi connectivity index (χ4v) is 2.27. The molecular formula is C15H16ClNO3. The molecule has 2 aromatic carbocycles. The Kier molecular flexibility index (Phi) is 4.25. The summed E-state index contributed by atoms with van der Waals surface area (Å²) in [5, 5.41) is 0.589. The molecule has 4 nitrogen and oxygen atoms in total. The van der Waals surface area contributed by atoms with Crippen molar-refractivity contribution in [3.05, 3.63) is 35.4 Å². The summed E-state index contributed by atoms with van der Waals surface area (Å²) in [5.74, 6) is 1.70. The highest BCUT2D eigenvalue weighted by molar-refractivity contribution is 6.31. The molecule has 0 atom stereocenters. The van der Waals surface area contributed by atoms with Gasteiger partial charge in [0.05, 0.1) is 21.3 Å². The van der Waals surface area contributed by atoms with Gasteiger partial charge in [0.2, 0.25) is 5.75 Å². The molecule has 0 fully saturated rings. The van der Waals surface area contributed by atoms with Crippen LogP contribution in [0.2, 0.25) is 5.02 Å². The second-order valence-corrected chi connectivity index (χ2v) is 4.55. The Hall–Kier alpha value is -2.07. The second-order valence-electron chi connectivity index (χ2n) is 4.11. The van der Waals surface area contributed by atoms with E-state index in [2.05, 4.69) is 0 Å². The Labute approximate surface area is 123 Å². The molecule has 0 bridgehead atoms. The Bertz CT molecular complexity index is 629. The molecule has 0 radical (unpaired) electrons. The van der Waals surface area contributed by atoms with Crippen LogP contribution in [0.15, 0.2) is 30.3 Å². The first-order chi connectivity index (χ1) is 9.62. The number of halogens is 1. The highest BCUT2D eigenvalue weighted by atomic mass is 35.5. The van der Waals surface area contributed by atoms with Crippen LogP contribution in [0.3, 0.4) is 0 Å². The maximum Gasteiger partial charge on any atom is 0.203 e. The standard InChI is InChI=1S/C15H16ClNO3/c1-18-13-7-6-11(14(19-2)15(13)20-3)10-5-4-9(16)8-12(10)17/h4-8H,17H2,1-3H3. The lowest BCUT2D eigenvalue weighted by Gasteiger charge is -2.16. The summed E-state index contributed by atoms with van der Waals surface area (Å²) in [4.78, 5) is 0. The van der Waals surface area contributed by atoms with Crippen LogP contribution in [0.1, 0.15) is 0 Å². The van der Waals surface area contributed by atoms with Crippen LogP contribution in [-0.2, 0) is 0 Å². The number of nitrogens with two attached hydrogens (primary N) is 1. The smallest absolute Gasteiger partial charge is 0.203 e. The van der Waals surface area contributed by atoms with Crippen molar-refractivity contribution >= 4 is 17.3 Å². The van der Waals surface area contributed by atoms with Crippen molar-refractivity contribution in [1.82, 2.24) is 0 Å². The van der Waals surface area contributed by atoms with Gasteiger partial charge in [-0.15, -0.1) is 0 Å². The molecule has 2 rings (SSSR count). The minimum atomic E-state index is 0.529. The van der Waals surface area contributed by atoms with Crippen molar-refractivity contribution in [3.8, 4) is 28.4 Å². The monoisotopic (exact) mass is 293 g/mol. The number of nitrogen functional groups attached to an aromatic ring is 1. The molecule has 0 aliphatic heterocycles. The Morgan fingerprint density at radius 2 is 1.50 bits per heavy atom. The zero-order valence-corrected chi connectivity index (χ0v) is 12.3. The summed E-state index contributed by atoms with van der Waals surface area (Å²) < 4.78 is 16.1. The zero-order valence-electron chi connectivity index (χ0n) is 11.6. The van der Waals surface area contributed by atoms with Gasteiger partial charge in [-0.05, 0) is 24.3 Å². The number of benzene rings is 2. The highest BCUT2D eigenvalue weighted by Gasteiger charge is 2.18. The SMILES string of the molecule is COc1ccc(-c2ccc(Cl)cc2N)c(OC)c1OC. The van der Waals surface area contributed by atoms with Gasteiger partial charge in [-0.1, -0.05) is 17.7 Å². The van der Waals surface area contributed by atoms with E-state index < -0.39 is 0 Å². The van der Waals surface area contributed by atoms with Crippen LogP contribution in [0, 0.1) is 0 Å². The minimum Gasteiger partial charge on any atom is -0.493 e. The van der Waals surface area contributed by atoms with E-state index >= 15 is 0 Å². The van der Waals surface area contributed by atoms with Crippen LogP contribution in [0.5, 0.6) is 17.2 Å². The first-order valence-corrected chi connectivity index (χ1v) is 6.34. The van der Waals surface area contributed by atoms with Gasteiger partial charge in [0.25, 0.3) is 0 Å². The molecule has 5 heteroatoms. The molecule has 0 heterocycles. The third-order valence-corrected chi connectivity index (χ3v) is 3.24. The molecule has 0 aliphatic rings. The second kappa shape index (κ2) is 5.92. The van der Waals surface area contributed by atoms with Crippen molar-refractivity contribution in [1.29, 1.82) is 0 Å². The van der Waals surface area contributed by atoms with Gasteiger partial charge in [-0.3, -0.25) is 0 Å². The molecule has 20 heavy (non-hydrogen) atoms. The normalized spacial score (nSPS) is 10.2. The molecule has 0 aromatic heterocycles. The predicted octanol–water partition coefficient (Wildman–Crippen LogP) is 3.62. The lowest BCUT2D eigenvalue weighted by molar-refractivity contribution is 0.325. The number of rotatable bonds is 4. The van der Waals surface area contributed by atoms with Crippen molar-refractivity contribution < 1.29 is 14.2 Å². The van der Waals surface area contributed by atoms with Gasteiger partial charge in [-0.2, -0.15) is 0 Å². The van der Waals surface area contributed by atoms with Crippen LogP contribution in [-0.4, -0.2) is 21.3 Å². The number of methoxy groups -OCH3 is 3. The van der Waals surface area contributed by atoms with Gasteiger partial charge >= 0.3 is 0 Å². The maximum absolute atomic E-state index is 6.03. The summed E-state index contributed by atoms with van der Waals surface area (Å²) in [6, 6.07) is 9.02. The van der Waals surface area contributed by atoms with Gasteiger partial charge in [-0.25, -0.2) is 0 Å². The molecule has 2 aromatic rings. The van der Waals surface area contributed by atoms with E-state index in [0.29, 0.717) is 28.0 Å². The van der Waals surface area contributed by atoms with Gasteiger partial charge in [0.15, 0.2) is 11.5 Å². The number of hydrogen-bond acceptors (Lipinski definition) is 4. The van der Waals surface area contributed by atoms with Crippen LogP contribution >= 0.6 is 11.6 Å². The quantitative estimate of drug-likeness (QED) is 0.875. The van der Waals surface area contributed by atoms with Crippen LogP contribution < -0.4 is 19.9 Å². The first-order valence-electron chi connectivity index (χ1n) is 5.96. The van der Waals surface area contributed by atoms with Gasteiger partial charge in [0.1, 0.15) is 0 Å². The topological polar surface area (TPSA) is 53.7 Å². The van der Waals surface area contributed by atoms with E-state index in [1.54, 1.807) is 33.5 Å². The Balaban J connectivity index is 2.68. The third kappa shape index (κ3) is 2.47. The highest BCUT2D eigenvalue weighted by Crippen LogP contribution is 2.45. The summed E-state index contributed by atoms with van der Waals surface area (Å²) in [6.45, 7) is 0. The molecule has 0 spiro atoms. The molecule has 0 saturated carbocycles. The van der Waals surface area contributed by atoms with Crippen LogP contribution in [0.4, 0.5) is 5.69 Å². The summed E-state index contributed by atoms with van der Waals surface area (Å²) >= 11 is 5.93. The Morgan fingerprint density at radius 3 is 2.05 bits per heavy atom. The van der Waals surface area contributed by atoms with Crippen molar-refractivity contribution in [3.63, 3.8) is 0 Å². The maximum atomic E-state index is 6.03. The molecule has 0 aliphatic carbocycles. The molecule has 0 amide bonds. The van der Waals surface area contributed by atoms with E-state index in [4.69, 9.17) is 31.5 Å². The van der Waals surface area contributed by atoms with E-state index in [9.17, 15) is 0 Å². The summed E-state index contributed by atoms with van der Waals surface area (Å²) in [6.07, 6.45) is 0. The van der Waals surface area contributed by atoms with E-state index in [1.807, 2.05) is 18.2 Å². The average molecular weight is 294 g/mol. The largest absolute Gasteiger partial charge is 0.493 e. The fourth-order valence-electron chi connectivity index (χ4n) is 2.09. The number of ether oxygens (including phenoxy) is 3. The van der Waals surface area contributed by atoms with Gasteiger partial charge < -0.3 is 19.9 Å². The van der Waals surface area contributed by atoms with E-state index in [0.717, 1.165) is 11.1 Å². The van der Waals surface area contributed by atoms with Crippen molar-refractivity contribution in [2.75, 3.05) is 27.1 Å². The molecule has 2 N–H and O–H groups in total. The molecule has 0 unspecified atom stereocenters. The molecular weight excluding hydrogens is 278 g/mol.